The molecule has 7 rings (SSSR count). The molecule has 3 aliphatic heterocycles. The van der Waals surface area contributed by atoms with E-state index < -0.39 is 5.82 Å². The number of hydrogen-bond acceptors (Lipinski definition) is 9. The molecule has 10 nitrogen and oxygen atoms in total. The molecule has 0 radical (unpaired) electrons. The molecule has 0 N–H and O–H groups in total. The molecule has 2 aromatic heterocycles. The van der Waals surface area contributed by atoms with Gasteiger partial charge in [0.2, 0.25) is 0 Å². The first-order valence-electron chi connectivity index (χ1n) is 16.6. The number of benzene rings is 1. The number of aromatic nitrogens is 3. The van der Waals surface area contributed by atoms with Crippen LogP contribution in [0.1, 0.15) is 69.1 Å². The van der Waals surface area contributed by atoms with Crippen molar-refractivity contribution < 1.29 is 23.4 Å². The molecule has 246 valence electrons. The van der Waals surface area contributed by atoms with Crippen molar-refractivity contribution in [2.45, 2.75) is 78.7 Å². The van der Waals surface area contributed by atoms with E-state index in [2.05, 4.69) is 24.8 Å². The number of halogens is 1. The van der Waals surface area contributed by atoms with Crippen molar-refractivity contribution in [3.8, 4) is 17.2 Å². The minimum absolute atomic E-state index is 0.0344. The largest absolute Gasteiger partial charge is 0.490 e. The van der Waals surface area contributed by atoms with Crippen LogP contribution in [0.2, 0.25) is 0 Å². The van der Waals surface area contributed by atoms with Crippen LogP contribution in [-0.2, 0) is 17.7 Å². The molecule has 3 aromatic rings. The van der Waals surface area contributed by atoms with Gasteiger partial charge in [0.25, 0.3) is 5.91 Å². The van der Waals surface area contributed by atoms with E-state index in [0.717, 1.165) is 70.0 Å². The predicted octanol–water partition coefficient (Wildman–Crippen LogP) is 5.50. The van der Waals surface area contributed by atoms with Crippen molar-refractivity contribution in [1.29, 1.82) is 0 Å². The third kappa shape index (κ3) is 6.66. The zero-order valence-corrected chi connectivity index (χ0v) is 27.5. The lowest BCUT2D eigenvalue weighted by Gasteiger charge is -2.59. The van der Waals surface area contributed by atoms with E-state index in [9.17, 15) is 9.18 Å². The van der Waals surface area contributed by atoms with Crippen LogP contribution >= 0.6 is 0 Å². The van der Waals surface area contributed by atoms with Gasteiger partial charge in [0, 0.05) is 74.6 Å². The maximum Gasteiger partial charge on any atom is 0.257 e. The van der Waals surface area contributed by atoms with E-state index in [1.54, 1.807) is 11.1 Å². The molecule has 1 saturated carbocycles. The van der Waals surface area contributed by atoms with Crippen LogP contribution < -0.4 is 14.4 Å². The van der Waals surface area contributed by atoms with Gasteiger partial charge in [0.1, 0.15) is 29.7 Å². The summed E-state index contributed by atoms with van der Waals surface area (Å²) in [7, 11) is 0. The number of fused-ring (bicyclic) bond motifs is 1. The van der Waals surface area contributed by atoms with Gasteiger partial charge in [-0.2, -0.15) is 0 Å². The lowest BCUT2D eigenvalue weighted by Crippen LogP contribution is -2.65. The number of pyridine rings is 1. The topological polar surface area (TPSA) is 96.5 Å². The quantitative estimate of drug-likeness (QED) is 0.268. The SMILES string of the molecule is CC.CCN(C(=O)c1cc(F)ccc1Oc1cncnc1N1CC2(CC(Oc3ccnc4c3CN(CC3CO3)CC4)C2)C1)C(C)C. The molecule has 5 heterocycles. The first kappa shape index (κ1) is 32.1. The van der Waals surface area contributed by atoms with Gasteiger partial charge < -0.3 is 24.0 Å². The monoisotopic (exact) mass is 632 g/mol. The lowest BCUT2D eigenvalue weighted by molar-refractivity contribution is -0.0353. The molecule has 3 fully saturated rings. The summed E-state index contributed by atoms with van der Waals surface area (Å²) >= 11 is 0. The Labute approximate surface area is 270 Å². The first-order valence-corrected chi connectivity index (χ1v) is 16.6. The Hall–Kier alpha value is -3.83. The third-order valence-electron chi connectivity index (χ3n) is 9.26. The average Bonchev–Trinajstić information content (AvgIpc) is 3.84. The fourth-order valence-corrected chi connectivity index (χ4v) is 6.93. The number of carbonyl (C=O) groups excluding carboxylic acids is 1. The zero-order valence-electron chi connectivity index (χ0n) is 27.5. The van der Waals surface area contributed by atoms with Crippen molar-refractivity contribution >= 4 is 11.7 Å². The van der Waals surface area contributed by atoms with Gasteiger partial charge in [-0.25, -0.2) is 14.4 Å². The van der Waals surface area contributed by atoms with Gasteiger partial charge in [-0.3, -0.25) is 14.7 Å². The normalized spacial score (nSPS) is 19.8. The van der Waals surface area contributed by atoms with Crippen molar-refractivity contribution in [1.82, 2.24) is 24.8 Å². The van der Waals surface area contributed by atoms with Gasteiger partial charge in [0.15, 0.2) is 11.6 Å². The second-order valence-corrected chi connectivity index (χ2v) is 12.8. The Bertz CT molecular complexity index is 1540. The van der Waals surface area contributed by atoms with Crippen LogP contribution in [0, 0.1) is 11.2 Å². The highest BCUT2D eigenvalue weighted by molar-refractivity contribution is 5.97. The van der Waals surface area contributed by atoms with Crippen molar-refractivity contribution in [3.05, 3.63) is 65.6 Å². The second kappa shape index (κ2) is 13.5. The third-order valence-corrected chi connectivity index (χ3v) is 9.26. The van der Waals surface area contributed by atoms with E-state index >= 15 is 0 Å². The Morgan fingerprint density at radius 3 is 2.65 bits per heavy atom. The fourth-order valence-electron chi connectivity index (χ4n) is 6.93. The fraction of sp³-hybridized carbons (Fsp3) is 0.543. The van der Waals surface area contributed by atoms with Gasteiger partial charge in [-0.1, -0.05) is 13.8 Å². The van der Waals surface area contributed by atoms with Gasteiger partial charge in [0.05, 0.1) is 24.5 Å². The second-order valence-electron chi connectivity index (χ2n) is 12.8. The van der Waals surface area contributed by atoms with Crippen LogP contribution in [0.5, 0.6) is 17.2 Å². The summed E-state index contributed by atoms with van der Waals surface area (Å²) in [6.45, 7) is 15.6. The number of anilines is 1. The van der Waals surface area contributed by atoms with Crippen LogP contribution in [0.4, 0.5) is 10.2 Å². The highest BCUT2D eigenvalue weighted by Crippen LogP contribution is 2.52. The summed E-state index contributed by atoms with van der Waals surface area (Å²) in [5.41, 5.74) is 2.71. The molecule has 0 bridgehead atoms. The lowest BCUT2D eigenvalue weighted by atomic mass is 9.61. The molecule has 1 amide bonds. The molecule has 46 heavy (non-hydrogen) atoms. The Morgan fingerprint density at radius 1 is 1.15 bits per heavy atom. The maximum absolute atomic E-state index is 14.3. The highest BCUT2D eigenvalue weighted by atomic mass is 19.1. The number of epoxide rings is 1. The number of rotatable bonds is 10. The van der Waals surface area contributed by atoms with E-state index in [-0.39, 0.29) is 34.8 Å². The first-order chi connectivity index (χ1) is 22.3. The Morgan fingerprint density at radius 2 is 1.93 bits per heavy atom. The summed E-state index contributed by atoms with van der Waals surface area (Å²) in [6, 6.07) is 6.00. The van der Waals surface area contributed by atoms with Crippen LogP contribution in [-0.4, -0.2) is 88.2 Å². The molecule has 1 atom stereocenters. The van der Waals surface area contributed by atoms with Crippen molar-refractivity contribution in [2.75, 3.05) is 44.2 Å². The van der Waals surface area contributed by atoms with E-state index in [0.29, 0.717) is 24.2 Å². The van der Waals surface area contributed by atoms with E-state index in [4.69, 9.17) is 14.2 Å². The predicted molar refractivity (Wildman–Crippen MR) is 173 cm³/mol. The molecule has 4 aliphatic rings. The Balaban J connectivity index is 0.00000182. The van der Waals surface area contributed by atoms with Crippen molar-refractivity contribution in [3.63, 3.8) is 0 Å². The standard InChI is InChI=1S/C33H39FN6O4.C2H6/c1-4-40(21(2)3)32(41)25-11-22(34)5-6-28(25)44-30-14-35-20-37-31(30)39-18-33(19-39)12-23(13-33)43-29-7-9-36-27-8-10-38(16-26(27)29)15-24-17-42-24;1-2/h5-7,9,11,14,20-21,23-24H,4,8,10,12-13,15-19H2,1-3H3;1-2H3. The highest BCUT2D eigenvalue weighted by Gasteiger charge is 2.54. The summed E-state index contributed by atoms with van der Waals surface area (Å²) in [6.07, 6.45) is 8.40. The minimum atomic E-state index is -0.492. The maximum atomic E-state index is 14.3. The van der Waals surface area contributed by atoms with Gasteiger partial charge in [-0.15, -0.1) is 0 Å². The number of carbonyl (C=O) groups is 1. The summed E-state index contributed by atoms with van der Waals surface area (Å²) in [5, 5.41) is 0. The number of hydrogen-bond donors (Lipinski definition) is 0. The molecule has 1 unspecified atom stereocenters. The molecule has 1 aromatic carbocycles. The molecule has 1 spiro atoms. The smallest absolute Gasteiger partial charge is 0.257 e. The van der Waals surface area contributed by atoms with Gasteiger partial charge >= 0.3 is 0 Å². The molecule has 2 saturated heterocycles. The number of ether oxygens (including phenoxy) is 3. The molecule has 11 heteroatoms. The average molecular weight is 633 g/mol. The molecule has 1 aliphatic carbocycles. The van der Waals surface area contributed by atoms with Crippen LogP contribution in [0.15, 0.2) is 43.0 Å². The van der Waals surface area contributed by atoms with E-state index in [1.165, 1.54) is 30.1 Å². The van der Waals surface area contributed by atoms with E-state index in [1.807, 2.05) is 46.9 Å². The molecular weight excluding hydrogens is 587 g/mol. The van der Waals surface area contributed by atoms with Crippen molar-refractivity contribution in [2.24, 2.45) is 5.41 Å². The minimum Gasteiger partial charge on any atom is -0.490 e. The zero-order chi connectivity index (χ0) is 32.4. The summed E-state index contributed by atoms with van der Waals surface area (Å²) < 4.78 is 32.5. The Kier molecular flexibility index (Phi) is 9.42. The number of nitrogens with zero attached hydrogens (tertiary/aromatic N) is 6. The summed E-state index contributed by atoms with van der Waals surface area (Å²) in [5.74, 6) is 1.57. The summed E-state index contributed by atoms with van der Waals surface area (Å²) in [4.78, 5) is 32.9. The molecular formula is C35H45FN6O4. The van der Waals surface area contributed by atoms with Gasteiger partial charge in [-0.05, 0) is 57.9 Å². The number of amides is 1. The van der Waals surface area contributed by atoms with Crippen LogP contribution in [0.25, 0.3) is 0 Å². The van der Waals surface area contributed by atoms with Crippen LogP contribution in [0.3, 0.4) is 0 Å².